The fraction of sp³-hybridized carbons (Fsp3) is 0.136. The van der Waals surface area contributed by atoms with Gasteiger partial charge in [-0.1, -0.05) is 47.0 Å². The monoisotopic (exact) mass is 375 g/mol. The molecule has 4 nitrogen and oxygen atoms in total. The zero-order valence-corrected chi connectivity index (χ0v) is 16.1. The van der Waals surface area contributed by atoms with Crippen molar-refractivity contribution in [1.82, 2.24) is 5.43 Å². The Kier molecular flexibility index (Phi) is 4.73. The molecule has 3 aromatic rings. The molecule has 0 spiro atoms. The van der Waals surface area contributed by atoms with Crippen molar-refractivity contribution in [2.75, 3.05) is 16.7 Å². The Balaban J connectivity index is 1.72. The average Bonchev–Trinajstić information content (AvgIpc) is 2.69. The van der Waals surface area contributed by atoms with E-state index in [9.17, 15) is 0 Å². The first-order valence-corrected chi connectivity index (χ1v) is 9.21. The maximum atomic E-state index is 6.04. The summed E-state index contributed by atoms with van der Waals surface area (Å²) < 4.78 is 0. The zero-order valence-electron chi connectivity index (χ0n) is 15.3. The first kappa shape index (κ1) is 17.4. The number of benzene rings is 3. The van der Waals surface area contributed by atoms with E-state index in [1.807, 2.05) is 34.3 Å². The standard InChI is InChI=1S/C22H20ClN4/c1-16-3-11-20(12-4-16)26-15-27(21-13-5-17(2)6-14-21)25-22(24-26)18-7-9-19(23)10-8-18/h3-14H,15H2,1-2H3. The van der Waals surface area contributed by atoms with Gasteiger partial charge in [-0.3, -0.25) is 0 Å². The molecule has 1 aliphatic heterocycles. The quantitative estimate of drug-likeness (QED) is 0.636. The summed E-state index contributed by atoms with van der Waals surface area (Å²) in [5.74, 6) is 0.652. The van der Waals surface area contributed by atoms with Crippen molar-refractivity contribution in [2.24, 2.45) is 5.10 Å². The van der Waals surface area contributed by atoms with Crippen LogP contribution in [0.3, 0.4) is 0 Å². The Morgan fingerprint density at radius 1 is 0.704 bits per heavy atom. The van der Waals surface area contributed by atoms with Crippen LogP contribution in [0.2, 0.25) is 5.02 Å². The third-order valence-electron chi connectivity index (χ3n) is 4.47. The maximum Gasteiger partial charge on any atom is 0.199 e. The van der Waals surface area contributed by atoms with Gasteiger partial charge in [0.25, 0.3) is 0 Å². The number of rotatable bonds is 3. The van der Waals surface area contributed by atoms with Gasteiger partial charge in [-0.15, -0.1) is 10.5 Å². The highest BCUT2D eigenvalue weighted by Crippen LogP contribution is 2.23. The normalized spacial score (nSPS) is 14.0. The molecule has 3 aromatic carbocycles. The highest BCUT2D eigenvalue weighted by atomic mass is 35.5. The maximum absolute atomic E-state index is 6.04. The predicted octanol–water partition coefficient (Wildman–Crippen LogP) is 5.12. The van der Waals surface area contributed by atoms with Gasteiger partial charge in [0.2, 0.25) is 0 Å². The second-order valence-electron chi connectivity index (χ2n) is 6.64. The van der Waals surface area contributed by atoms with Gasteiger partial charge in [0.1, 0.15) is 6.67 Å². The molecule has 5 heteroatoms. The molecule has 0 saturated carbocycles. The van der Waals surface area contributed by atoms with E-state index in [1.54, 1.807) is 0 Å². The van der Waals surface area contributed by atoms with Crippen molar-refractivity contribution < 1.29 is 0 Å². The second-order valence-corrected chi connectivity index (χ2v) is 7.08. The van der Waals surface area contributed by atoms with Crippen LogP contribution in [-0.4, -0.2) is 12.5 Å². The summed E-state index contributed by atoms with van der Waals surface area (Å²) in [7, 11) is 0. The Morgan fingerprint density at radius 2 is 1.22 bits per heavy atom. The van der Waals surface area contributed by atoms with Gasteiger partial charge in [0, 0.05) is 10.6 Å². The van der Waals surface area contributed by atoms with Gasteiger partial charge in [-0.2, -0.15) is 0 Å². The van der Waals surface area contributed by atoms with Crippen LogP contribution >= 0.6 is 11.6 Å². The highest BCUT2D eigenvalue weighted by Gasteiger charge is 2.23. The van der Waals surface area contributed by atoms with Gasteiger partial charge in [0.15, 0.2) is 5.84 Å². The Hall–Kier alpha value is -2.98. The van der Waals surface area contributed by atoms with Gasteiger partial charge in [0.05, 0.1) is 11.4 Å². The minimum atomic E-state index is 0.545. The van der Waals surface area contributed by atoms with Crippen LogP contribution in [0.1, 0.15) is 16.7 Å². The van der Waals surface area contributed by atoms with Crippen molar-refractivity contribution in [1.29, 1.82) is 0 Å². The first-order chi connectivity index (χ1) is 13.1. The second kappa shape index (κ2) is 7.33. The summed E-state index contributed by atoms with van der Waals surface area (Å²) in [5, 5.41) is 9.41. The molecule has 0 bridgehead atoms. The number of aryl methyl sites for hydroxylation is 2. The summed E-state index contributed by atoms with van der Waals surface area (Å²) in [4.78, 5) is 0. The van der Waals surface area contributed by atoms with Crippen molar-refractivity contribution in [3.05, 3.63) is 94.5 Å². The molecule has 0 amide bonds. The minimum Gasteiger partial charge on any atom is -0.242 e. The Morgan fingerprint density at radius 3 is 1.78 bits per heavy atom. The molecule has 1 aliphatic rings. The number of hydrogen-bond donors (Lipinski definition) is 0. The smallest absolute Gasteiger partial charge is 0.199 e. The van der Waals surface area contributed by atoms with Gasteiger partial charge < -0.3 is 0 Å². The summed E-state index contributed by atoms with van der Waals surface area (Å²) in [5.41, 5.74) is 10.2. The Labute approximate surface area is 164 Å². The molecule has 135 valence electrons. The van der Waals surface area contributed by atoms with E-state index >= 15 is 0 Å². The molecule has 0 atom stereocenters. The molecule has 27 heavy (non-hydrogen) atoms. The van der Waals surface area contributed by atoms with E-state index in [0.717, 1.165) is 16.9 Å². The predicted molar refractivity (Wildman–Crippen MR) is 112 cm³/mol. The molecule has 1 radical (unpaired) electrons. The van der Waals surface area contributed by atoms with Crippen LogP contribution in [0.5, 0.6) is 0 Å². The van der Waals surface area contributed by atoms with Crippen molar-refractivity contribution in [3.63, 3.8) is 0 Å². The molecular weight excluding hydrogens is 356 g/mol. The van der Waals surface area contributed by atoms with Gasteiger partial charge in [-0.25, -0.2) is 10.0 Å². The first-order valence-electron chi connectivity index (χ1n) is 8.83. The van der Waals surface area contributed by atoms with E-state index in [4.69, 9.17) is 22.1 Å². The summed E-state index contributed by atoms with van der Waals surface area (Å²) in [6.45, 7) is 4.70. The number of hydrazone groups is 1. The molecule has 0 unspecified atom stereocenters. The van der Waals surface area contributed by atoms with E-state index < -0.39 is 0 Å². The fourth-order valence-electron chi connectivity index (χ4n) is 2.87. The molecule has 0 N–H and O–H groups in total. The van der Waals surface area contributed by atoms with Crippen LogP contribution in [0.4, 0.5) is 11.4 Å². The summed E-state index contributed by atoms with van der Waals surface area (Å²) in [6, 6.07) is 24.3. The molecule has 1 heterocycles. The largest absolute Gasteiger partial charge is 0.242 e. The topological polar surface area (TPSA) is 32.9 Å². The van der Waals surface area contributed by atoms with Crippen LogP contribution < -0.4 is 15.4 Å². The van der Waals surface area contributed by atoms with Crippen molar-refractivity contribution in [2.45, 2.75) is 13.8 Å². The number of hydrogen-bond acceptors (Lipinski definition) is 3. The van der Waals surface area contributed by atoms with Crippen molar-refractivity contribution in [3.8, 4) is 0 Å². The fourth-order valence-corrected chi connectivity index (χ4v) is 2.99. The van der Waals surface area contributed by atoms with Crippen molar-refractivity contribution >= 4 is 28.8 Å². The van der Waals surface area contributed by atoms with Crippen LogP contribution in [-0.2, 0) is 0 Å². The van der Waals surface area contributed by atoms with Crippen LogP contribution in [0.25, 0.3) is 0 Å². The lowest BCUT2D eigenvalue weighted by Crippen LogP contribution is -2.48. The number of anilines is 2. The molecule has 0 fully saturated rings. The lowest BCUT2D eigenvalue weighted by atomic mass is 10.2. The van der Waals surface area contributed by atoms with Crippen LogP contribution in [0, 0.1) is 13.8 Å². The third kappa shape index (κ3) is 3.91. The average molecular weight is 376 g/mol. The molecular formula is C22H20ClN4. The third-order valence-corrected chi connectivity index (χ3v) is 4.72. The number of halogens is 1. The van der Waals surface area contributed by atoms with E-state index in [-0.39, 0.29) is 0 Å². The zero-order chi connectivity index (χ0) is 18.8. The SMILES string of the molecule is Cc1ccc(N2CN(c3ccc(C)cc3)N=C(c3ccc(Cl)cc3)[N]2)cc1. The summed E-state index contributed by atoms with van der Waals surface area (Å²) >= 11 is 6.04. The molecule has 0 aromatic heterocycles. The highest BCUT2D eigenvalue weighted by molar-refractivity contribution is 6.30. The van der Waals surface area contributed by atoms with E-state index in [0.29, 0.717) is 17.5 Å². The lowest BCUT2D eigenvalue weighted by Gasteiger charge is -2.34. The molecule has 0 aliphatic carbocycles. The van der Waals surface area contributed by atoms with E-state index in [1.165, 1.54) is 11.1 Å². The van der Waals surface area contributed by atoms with Gasteiger partial charge in [-0.05, 0) is 62.4 Å². The van der Waals surface area contributed by atoms with Crippen LogP contribution in [0.15, 0.2) is 77.9 Å². The van der Waals surface area contributed by atoms with E-state index in [2.05, 4.69) is 62.4 Å². The molecule has 0 saturated heterocycles. The number of amidine groups is 1. The molecule has 4 rings (SSSR count). The summed E-state index contributed by atoms with van der Waals surface area (Å²) in [6.07, 6.45) is 0. The minimum absolute atomic E-state index is 0.545. The Bertz CT molecular complexity index is 947. The lowest BCUT2D eigenvalue weighted by molar-refractivity contribution is 0.671. The van der Waals surface area contributed by atoms with Gasteiger partial charge >= 0.3 is 0 Å². The number of nitrogens with zero attached hydrogens (tertiary/aromatic N) is 4.